The zero-order valence-corrected chi connectivity index (χ0v) is 19.4. The first-order valence-electron chi connectivity index (χ1n) is 9.12. The van der Waals surface area contributed by atoms with Gasteiger partial charge < -0.3 is 4.74 Å². The van der Waals surface area contributed by atoms with E-state index in [1.165, 1.54) is 0 Å². The van der Waals surface area contributed by atoms with Crippen LogP contribution >= 0.6 is 45.2 Å². The first-order valence-corrected chi connectivity index (χ1v) is 11.3. The number of ether oxygens (including phenoxy) is 1. The van der Waals surface area contributed by atoms with Crippen molar-refractivity contribution in [3.63, 3.8) is 0 Å². The molecule has 0 unspecified atom stereocenters. The molecule has 1 saturated carbocycles. The number of nitrogens with zero attached hydrogens (tertiary/aromatic N) is 2. The molecule has 5 rings (SSSR count). The lowest BCUT2D eigenvalue weighted by Crippen LogP contribution is -2.38. The fourth-order valence-corrected chi connectivity index (χ4v) is 6.37. The van der Waals surface area contributed by atoms with E-state index in [1.54, 1.807) is 6.21 Å². The zero-order valence-electron chi connectivity index (χ0n) is 15.1. The van der Waals surface area contributed by atoms with Crippen LogP contribution in [0.2, 0.25) is 0 Å². The molecule has 7 heteroatoms. The van der Waals surface area contributed by atoms with Gasteiger partial charge in [0.1, 0.15) is 5.75 Å². The average Bonchev–Trinajstić information content (AvgIpc) is 2.90. The number of benzene rings is 1. The molecule has 27 heavy (non-hydrogen) atoms. The minimum atomic E-state index is -0.222. The highest BCUT2D eigenvalue weighted by Crippen LogP contribution is 2.49. The number of imide groups is 1. The molecule has 2 fully saturated rings. The monoisotopic (exact) mass is 590 g/mol. The molecule has 0 radical (unpaired) electrons. The first-order chi connectivity index (χ1) is 12.9. The highest BCUT2D eigenvalue weighted by atomic mass is 127. The summed E-state index contributed by atoms with van der Waals surface area (Å²) in [5.41, 5.74) is 0.844. The third-order valence-electron chi connectivity index (χ3n) is 5.43. The van der Waals surface area contributed by atoms with Gasteiger partial charge in [-0.3, -0.25) is 9.59 Å². The molecule has 1 aromatic rings. The van der Waals surface area contributed by atoms with Crippen molar-refractivity contribution in [2.45, 2.75) is 32.8 Å². The number of rotatable bonds is 4. The Morgan fingerprint density at radius 1 is 1.07 bits per heavy atom. The lowest BCUT2D eigenvalue weighted by molar-refractivity contribution is -0.140. The summed E-state index contributed by atoms with van der Waals surface area (Å²) in [6.07, 6.45) is 7.92. The van der Waals surface area contributed by atoms with Gasteiger partial charge in [0.05, 0.1) is 31.3 Å². The van der Waals surface area contributed by atoms with E-state index in [-0.39, 0.29) is 41.6 Å². The Morgan fingerprint density at radius 2 is 1.59 bits per heavy atom. The van der Waals surface area contributed by atoms with Gasteiger partial charge in [0.2, 0.25) is 0 Å². The topological polar surface area (TPSA) is 59.0 Å². The maximum Gasteiger partial charge on any atom is 0.254 e. The summed E-state index contributed by atoms with van der Waals surface area (Å²) < 4.78 is 7.81. The molecule has 1 saturated heterocycles. The smallest absolute Gasteiger partial charge is 0.254 e. The Kier molecular flexibility index (Phi) is 5.34. The highest BCUT2D eigenvalue weighted by Gasteiger charge is 2.56. The summed E-state index contributed by atoms with van der Waals surface area (Å²) in [7, 11) is 0. The summed E-state index contributed by atoms with van der Waals surface area (Å²) >= 11 is 4.47. The van der Waals surface area contributed by atoms with Crippen molar-refractivity contribution < 1.29 is 14.3 Å². The molecule has 142 valence electrons. The molecule has 1 heterocycles. The second-order valence-corrected chi connectivity index (χ2v) is 9.88. The van der Waals surface area contributed by atoms with Crippen molar-refractivity contribution in [3.8, 4) is 5.75 Å². The van der Waals surface area contributed by atoms with Gasteiger partial charge in [-0.15, -0.1) is 0 Å². The molecule has 3 aliphatic carbocycles. The van der Waals surface area contributed by atoms with Gasteiger partial charge in [-0.2, -0.15) is 10.1 Å². The predicted molar refractivity (Wildman–Crippen MR) is 119 cm³/mol. The first kappa shape index (κ1) is 19.4. The van der Waals surface area contributed by atoms with Crippen molar-refractivity contribution in [2.24, 2.45) is 28.8 Å². The van der Waals surface area contributed by atoms with E-state index in [9.17, 15) is 9.59 Å². The Labute approximate surface area is 185 Å². The Morgan fingerprint density at radius 3 is 2.04 bits per heavy atom. The number of hydrogen-bond acceptors (Lipinski definition) is 4. The van der Waals surface area contributed by atoms with Crippen LogP contribution in [0.15, 0.2) is 29.4 Å². The van der Waals surface area contributed by atoms with Crippen LogP contribution in [0.1, 0.15) is 32.3 Å². The van der Waals surface area contributed by atoms with Crippen LogP contribution in [0.4, 0.5) is 0 Å². The summed E-state index contributed by atoms with van der Waals surface area (Å²) in [6, 6.07) is 3.90. The van der Waals surface area contributed by atoms with Gasteiger partial charge in [0, 0.05) is 0 Å². The van der Waals surface area contributed by atoms with Crippen LogP contribution in [-0.2, 0) is 9.59 Å². The molecule has 5 nitrogen and oxygen atoms in total. The van der Waals surface area contributed by atoms with Gasteiger partial charge in [-0.25, -0.2) is 0 Å². The minimum Gasteiger partial charge on any atom is -0.489 e. The van der Waals surface area contributed by atoms with Gasteiger partial charge >= 0.3 is 0 Å². The molecular formula is C20H20I2N2O3. The summed E-state index contributed by atoms with van der Waals surface area (Å²) in [4.78, 5) is 25.6. The molecule has 0 aromatic heterocycles. The number of amides is 2. The lowest BCUT2D eigenvalue weighted by Gasteiger charge is -2.37. The Bertz CT molecular complexity index is 810. The quantitative estimate of drug-likeness (QED) is 0.229. The number of hydrazone groups is 1. The van der Waals surface area contributed by atoms with Crippen molar-refractivity contribution in [1.82, 2.24) is 5.01 Å². The van der Waals surface area contributed by atoms with Crippen LogP contribution in [0.5, 0.6) is 5.75 Å². The largest absolute Gasteiger partial charge is 0.489 e. The van der Waals surface area contributed by atoms with E-state index in [0.29, 0.717) is 0 Å². The Hall–Kier alpha value is -0.970. The molecule has 1 aromatic carbocycles. The normalized spacial score (nSPS) is 29.3. The van der Waals surface area contributed by atoms with E-state index in [2.05, 4.69) is 62.4 Å². The molecule has 0 N–H and O–H groups in total. The molecular weight excluding hydrogens is 570 g/mol. The average molecular weight is 590 g/mol. The number of fused-ring (bicyclic) bond motifs is 1. The van der Waals surface area contributed by atoms with Crippen LogP contribution in [0.3, 0.4) is 0 Å². The Balaban J connectivity index is 1.57. The molecule has 2 amide bonds. The SMILES string of the molecule is CC(C)Oc1c(I)cc(/C=N\N2C(=O)[C@@H]3[C@H](C2=O)[C@H]2C=C[C@H]3CC2)cc1I. The number of allylic oxidation sites excluding steroid dienone is 2. The maximum absolute atomic E-state index is 12.8. The van der Waals surface area contributed by atoms with Crippen LogP contribution in [0, 0.1) is 30.8 Å². The zero-order chi connectivity index (χ0) is 19.3. The fourth-order valence-electron chi connectivity index (χ4n) is 4.30. The predicted octanol–water partition coefficient (Wildman–Crippen LogP) is 4.21. The van der Waals surface area contributed by atoms with Crippen LogP contribution < -0.4 is 4.74 Å². The molecule has 0 spiro atoms. The second-order valence-electron chi connectivity index (χ2n) is 7.55. The van der Waals surface area contributed by atoms with E-state index < -0.39 is 0 Å². The lowest BCUT2D eigenvalue weighted by atomic mass is 9.63. The van der Waals surface area contributed by atoms with Crippen LogP contribution in [-0.4, -0.2) is 29.1 Å². The molecule has 1 aliphatic heterocycles. The van der Waals surface area contributed by atoms with Crippen molar-refractivity contribution in [2.75, 3.05) is 0 Å². The van der Waals surface area contributed by atoms with Crippen molar-refractivity contribution in [1.29, 1.82) is 0 Å². The highest BCUT2D eigenvalue weighted by molar-refractivity contribution is 14.1. The summed E-state index contributed by atoms with van der Waals surface area (Å²) in [5, 5.41) is 5.39. The summed E-state index contributed by atoms with van der Waals surface area (Å²) in [6.45, 7) is 3.99. The molecule has 4 aliphatic rings. The minimum absolute atomic E-state index is 0.0960. The van der Waals surface area contributed by atoms with E-state index in [1.807, 2.05) is 26.0 Å². The molecule has 4 atom stereocenters. The third-order valence-corrected chi connectivity index (χ3v) is 7.04. The number of carbonyl (C=O) groups excluding carboxylic acids is 2. The van der Waals surface area contributed by atoms with E-state index in [0.717, 1.165) is 36.3 Å². The fraction of sp³-hybridized carbons (Fsp3) is 0.450. The van der Waals surface area contributed by atoms with Crippen LogP contribution in [0.25, 0.3) is 0 Å². The number of hydrogen-bond donors (Lipinski definition) is 0. The van der Waals surface area contributed by atoms with Crippen molar-refractivity contribution in [3.05, 3.63) is 37.0 Å². The molecule has 2 bridgehead atoms. The maximum atomic E-state index is 12.8. The number of carbonyl (C=O) groups is 2. The van der Waals surface area contributed by atoms with Gasteiger partial charge in [-0.05, 0) is 101 Å². The van der Waals surface area contributed by atoms with Gasteiger partial charge in [0.25, 0.3) is 11.8 Å². The van der Waals surface area contributed by atoms with Crippen molar-refractivity contribution >= 4 is 63.2 Å². The van der Waals surface area contributed by atoms with Gasteiger partial charge in [-0.1, -0.05) is 12.2 Å². The van der Waals surface area contributed by atoms with E-state index >= 15 is 0 Å². The second kappa shape index (κ2) is 7.46. The standard InChI is InChI=1S/C20H20I2N2O3/c1-10(2)27-18-14(21)7-11(8-15(18)22)9-23-24-19(25)16-12-3-4-13(6-5-12)17(16)20(24)26/h3-4,7-10,12-13,16-17H,5-6H2,1-2H3/b23-9-/t12-,13-,16-,17+/m0/s1. The van der Waals surface area contributed by atoms with E-state index in [4.69, 9.17) is 4.74 Å². The number of halogens is 2. The van der Waals surface area contributed by atoms with Gasteiger partial charge in [0.15, 0.2) is 0 Å². The third kappa shape index (κ3) is 3.45. The summed E-state index contributed by atoms with van der Waals surface area (Å²) in [5.74, 6) is 0.484.